The number of nitrogens with two attached hydrogens (primary N) is 2. The van der Waals surface area contributed by atoms with E-state index >= 15 is 0 Å². The van der Waals surface area contributed by atoms with Crippen LogP contribution in [0, 0.1) is 0 Å². The second-order valence-electron chi connectivity index (χ2n) is 5.44. The molecular weight excluding hydrogens is 286 g/mol. The Morgan fingerprint density at radius 1 is 1.52 bits per heavy atom. The molecule has 7 heteroatoms. The lowest BCUT2D eigenvalue weighted by molar-refractivity contribution is 0.0768. The van der Waals surface area contributed by atoms with Crippen LogP contribution in [0.15, 0.2) is 0 Å². The van der Waals surface area contributed by atoms with Gasteiger partial charge in [-0.2, -0.15) is 0 Å². The maximum absolute atomic E-state index is 12.6. The number of hydrogen-bond donors (Lipinski definition) is 2. The van der Waals surface area contributed by atoms with E-state index in [2.05, 4.69) is 16.8 Å². The van der Waals surface area contributed by atoms with E-state index in [0.717, 1.165) is 44.0 Å². The molecule has 1 aliphatic rings. The van der Waals surface area contributed by atoms with E-state index in [9.17, 15) is 4.79 Å². The highest BCUT2D eigenvalue weighted by Gasteiger charge is 2.26. The average molecular weight is 311 g/mol. The van der Waals surface area contributed by atoms with Gasteiger partial charge in [0.2, 0.25) is 0 Å². The van der Waals surface area contributed by atoms with Gasteiger partial charge in [0.1, 0.15) is 10.7 Å². The van der Waals surface area contributed by atoms with Crippen LogP contribution in [0.1, 0.15) is 42.8 Å². The van der Waals surface area contributed by atoms with Crippen LogP contribution in [0.5, 0.6) is 0 Å². The molecule has 0 bridgehead atoms. The van der Waals surface area contributed by atoms with E-state index in [1.807, 2.05) is 11.8 Å². The zero-order valence-corrected chi connectivity index (χ0v) is 13.7. The Kier molecular flexibility index (Phi) is 5.41. The predicted molar refractivity (Wildman–Crippen MR) is 87.8 cm³/mol. The molecule has 6 nitrogen and oxygen atoms in total. The lowest BCUT2D eigenvalue weighted by Gasteiger charge is -2.19. The smallest absolute Gasteiger partial charge is 0.267 e. The molecule has 1 amide bonds. The first-order chi connectivity index (χ1) is 10.1. The van der Waals surface area contributed by atoms with Crippen molar-refractivity contribution in [3.05, 3.63) is 4.88 Å². The van der Waals surface area contributed by atoms with Crippen LogP contribution in [0.4, 0.5) is 10.9 Å². The number of hydrogen-bond acceptors (Lipinski definition) is 6. The van der Waals surface area contributed by atoms with Crippen molar-refractivity contribution in [2.75, 3.05) is 36.8 Å². The fourth-order valence-electron chi connectivity index (χ4n) is 2.47. The van der Waals surface area contributed by atoms with Gasteiger partial charge in [0.15, 0.2) is 5.13 Å². The number of carbonyl (C=O) groups excluding carboxylic acids is 1. The van der Waals surface area contributed by atoms with Crippen molar-refractivity contribution < 1.29 is 4.79 Å². The molecule has 1 unspecified atom stereocenters. The Hall–Kier alpha value is -1.34. The Morgan fingerprint density at radius 3 is 2.86 bits per heavy atom. The number of amides is 1. The first-order valence-electron chi connectivity index (χ1n) is 7.62. The molecule has 2 rings (SSSR count). The number of nitrogen functional groups attached to an aromatic ring is 1. The van der Waals surface area contributed by atoms with Crippen molar-refractivity contribution >= 4 is 28.2 Å². The monoisotopic (exact) mass is 311 g/mol. The van der Waals surface area contributed by atoms with Gasteiger partial charge in [0.25, 0.3) is 5.91 Å². The largest absolute Gasteiger partial charge is 0.382 e. The average Bonchev–Trinajstić information content (AvgIpc) is 3.05. The summed E-state index contributed by atoms with van der Waals surface area (Å²) in [5.41, 5.74) is 11.9. The van der Waals surface area contributed by atoms with E-state index in [0.29, 0.717) is 17.2 Å². The predicted octanol–water partition coefficient (Wildman–Crippen LogP) is 1.52. The summed E-state index contributed by atoms with van der Waals surface area (Å²) in [7, 11) is 0. The first kappa shape index (κ1) is 16.0. The van der Waals surface area contributed by atoms with Crippen LogP contribution in [-0.4, -0.2) is 48.0 Å². The number of anilines is 2. The van der Waals surface area contributed by atoms with E-state index in [-0.39, 0.29) is 11.9 Å². The number of thiazole rings is 1. The summed E-state index contributed by atoms with van der Waals surface area (Å²) in [6.07, 6.45) is 3.03. The maximum Gasteiger partial charge on any atom is 0.267 e. The van der Waals surface area contributed by atoms with Gasteiger partial charge in [-0.05, 0) is 19.8 Å². The SMILES string of the molecule is CCCCN(CC)C(=O)c1sc(N2CCC(N)C2)nc1N. The molecule has 4 N–H and O–H groups in total. The summed E-state index contributed by atoms with van der Waals surface area (Å²) < 4.78 is 0. The standard InChI is InChI=1S/C14H25N5OS/c1-3-5-7-18(4-2)13(20)11-12(16)17-14(21-11)19-8-6-10(15)9-19/h10H,3-9,15-16H2,1-2H3. The number of carbonyl (C=O) groups is 1. The highest BCUT2D eigenvalue weighted by atomic mass is 32.1. The third-order valence-electron chi connectivity index (χ3n) is 3.78. The summed E-state index contributed by atoms with van der Waals surface area (Å²) in [4.78, 5) is 21.4. The highest BCUT2D eigenvalue weighted by molar-refractivity contribution is 7.18. The zero-order valence-electron chi connectivity index (χ0n) is 12.8. The quantitative estimate of drug-likeness (QED) is 0.831. The molecule has 1 fully saturated rings. The number of rotatable bonds is 6. The van der Waals surface area contributed by atoms with Crippen molar-refractivity contribution in [3.8, 4) is 0 Å². The molecular formula is C14H25N5OS. The van der Waals surface area contributed by atoms with E-state index in [1.165, 1.54) is 11.3 Å². The molecule has 0 spiro atoms. The number of unbranched alkanes of at least 4 members (excludes halogenated alkanes) is 1. The summed E-state index contributed by atoms with van der Waals surface area (Å²) in [5.74, 6) is 0.339. The third-order valence-corrected chi connectivity index (χ3v) is 4.90. The van der Waals surface area contributed by atoms with Gasteiger partial charge in [-0.3, -0.25) is 4.79 Å². The summed E-state index contributed by atoms with van der Waals surface area (Å²) in [5, 5.41) is 0.815. The zero-order chi connectivity index (χ0) is 15.4. The van der Waals surface area contributed by atoms with Gasteiger partial charge in [0.05, 0.1) is 0 Å². The second kappa shape index (κ2) is 7.09. The van der Waals surface area contributed by atoms with Crippen LogP contribution < -0.4 is 16.4 Å². The minimum atomic E-state index is -0.00399. The van der Waals surface area contributed by atoms with Gasteiger partial charge in [-0.15, -0.1) is 0 Å². The Balaban J connectivity index is 2.12. The summed E-state index contributed by atoms with van der Waals surface area (Å²) in [6, 6.07) is 0.186. The minimum absolute atomic E-state index is 0.00399. The first-order valence-corrected chi connectivity index (χ1v) is 8.44. The van der Waals surface area contributed by atoms with E-state index < -0.39 is 0 Å². The van der Waals surface area contributed by atoms with Crippen molar-refractivity contribution in [3.63, 3.8) is 0 Å². The van der Waals surface area contributed by atoms with Crippen LogP contribution in [-0.2, 0) is 0 Å². The third kappa shape index (κ3) is 3.65. The molecule has 1 saturated heterocycles. The molecule has 1 atom stereocenters. The maximum atomic E-state index is 12.6. The summed E-state index contributed by atoms with van der Waals surface area (Å²) in [6.45, 7) is 7.25. The van der Waals surface area contributed by atoms with Crippen molar-refractivity contribution in [2.45, 2.75) is 39.2 Å². The highest BCUT2D eigenvalue weighted by Crippen LogP contribution is 2.31. The normalized spacial score (nSPS) is 18.2. The summed E-state index contributed by atoms with van der Waals surface area (Å²) >= 11 is 1.39. The number of nitrogens with zero attached hydrogens (tertiary/aromatic N) is 3. The fourth-order valence-corrected chi connectivity index (χ4v) is 3.45. The second-order valence-corrected chi connectivity index (χ2v) is 6.42. The van der Waals surface area contributed by atoms with Crippen molar-refractivity contribution in [1.82, 2.24) is 9.88 Å². The van der Waals surface area contributed by atoms with Gasteiger partial charge >= 0.3 is 0 Å². The van der Waals surface area contributed by atoms with Gasteiger partial charge in [-0.25, -0.2) is 4.98 Å². The topological polar surface area (TPSA) is 88.5 Å². The molecule has 2 heterocycles. The molecule has 0 saturated carbocycles. The lowest BCUT2D eigenvalue weighted by Crippen LogP contribution is -2.31. The minimum Gasteiger partial charge on any atom is -0.382 e. The van der Waals surface area contributed by atoms with Crippen molar-refractivity contribution in [1.29, 1.82) is 0 Å². The Bertz CT molecular complexity index is 490. The molecule has 0 aliphatic carbocycles. The van der Waals surface area contributed by atoms with Crippen LogP contribution in [0.25, 0.3) is 0 Å². The van der Waals surface area contributed by atoms with Crippen LogP contribution >= 0.6 is 11.3 Å². The van der Waals surface area contributed by atoms with Crippen LogP contribution in [0.2, 0.25) is 0 Å². The number of aromatic nitrogens is 1. The lowest BCUT2D eigenvalue weighted by atomic mass is 10.3. The van der Waals surface area contributed by atoms with E-state index in [1.54, 1.807) is 0 Å². The molecule has 1 aromatic heterocycles. The van der Waals surface area contributed by atoms with Crippen LogP contribution in [0.3, 0.4) is 0 Å². The van der Waals surface area contributed by atoms with Crippen molar-refractivity contribution in [2.24, 2.45) is 5.73 Å². The van der Waals surface area contributed by atoms with Gasteiger partial charge in [0, 0.05) is 32.2 Å². The molecule has 0 aromatic carbocycles. The Morgan fingerprint density at radius 2 is 2.29 bits per heavy atom. The molecule has 118 valence electrons. The van der Waals surface area contributed by atoms with Gasteiger partial charge in [-0.1, -0.05) is 24.7 Å². The molecule has 1 aliphatic heterocycles. The van der Waals surface area contributed by atoms with Gasteiger partial charge < -0.3 is 21.3 Å². The molecule has 0 radical (unpaired) electrons. The fraction of sp³-hybridized carbons (Fsp3) is 0.714. The van der Waals surface area contributed by atoms with E-state index in [4.69, 9.17) is 11.5 Å². The molecule has 21 heavy (non-hydrogen) atoms. The molecule has 1 aromatic rings. The Labute approximate surface area is 130 Å².